The molecule has 0 atom stereocenters. The number of nitrogens with zero attached hydrogens (tertiary/aromatic N) is 2. The monoisotopic (exact) mass is 323 g/mol. The average molecular weight is 323 g/mol. The maximum absolute atomic E-state index is 13.5. The van der Waals surface area contributed by atoms with Crippen LogP contribution in [0.4, 0.5) is 8.78 Å². The van der Waals surface area contributed by atoms with Gasteiger partial charge in [-0.25, -0.2) is 8.78 Å². The van der Waals surface area contributed by atoms with Crippen molar-refractivity contribution >= 4 is 11.8 Å². The van der Waals surface area contributed by atoms with E-state index in [9.17, 15) is 18.4 Å². The van der Waals surface area contributed by atoms with Crippen molar-refractivity contribution in [2.75, 3.05) is 13.6 Å². The Labute approximate surface area is 131 Å². The third-order valence-corrected chi connectivity index (χ3v) is 3.08. The smallest absolute Gasteiger partial charge is 0.254 e. The molecule has 1 aromatic carbocycles. The van der Waals surface area contributed by atoms with Crippen molar-refractivity contribution in [3.63, 3.8) is 0 Å². The van der Waals surface area contributed by atoms with Crippen LogP contribution < -0.4 is 5.32 Å². The summed E-state index contributed by atoms with van der Waals surface area (Å²) in [5.41, 5.74) is 0.253. The van der Waals surface area contributed by atoms with Crippen LogP contribution in [0.3, 0.4) is 0 Å². The van der Waals surface area contributed by atoms with E-state index in [1.54, 1.807) is 13.0 Å². The number of hydrogen-bond donors (Lipinski definition) is 1. The minimum absolute atomic E-state index is 0.219. The van der Waals surface area contributed by atoms with Gasteiger partial charge in [-0.1, -0.05) is 5.16 Å². The predicted octanol–water partition coefficient (Wildman–Crippen LogP) is 1.65. The van der Waals surface area contributed by atoms with E-state index in [0.29, 0.717) is 17.5 Å². The Morgan fingerprint density at radius 2 is 2.04 bits per heavy atom. The number of amides is 2. The third-order valence-electron chi connectivity index (χ3n) is 3.08. The molecule has 0 aliphatic carbocycles. The van der Waals surface area contributed by atoms with E-state index in [0.717, 1.165) is 12.1 Å². The summed E-state index contributed by atoms with van der Waals surface area (Å²) in [6, 6.07) is 4.29. The minimum atomic E-state index is -0.985. The fourth-order valence-corrected chi connectivity index (χ4v) is 1.88. The molecule has 0 bridgehead atoms. The number of aromatic nitrogens is 1. The zero-order chi connectivity index (χ0) is 17.0. The molecule has 0 spiro atoms. The first kappa shape index (κ1) is 16.6. The largest absolute Gasteiger partial charge is 0.361 e. The van der Waals surface area contributed by atoms with Crippen LogP contribution >= 0.6 is 0 Å². The fourth-order valence-electron chi connectivity index (χ4n) is 1.88. The molecule has 0 radical (unpaired) electrons. The first-order valence-electron chi connectivity index (χ1n) is 6.76. The number of carbonyl (C=O) groups is 2. The van der Waals surface area contributed by atoms with Crippen LogP contribution in [0.15, 0.2) is 28.8 Å². The number of benzene rings is 1. The van der Waals surface area contributed by atoms with Crippen LogP contribution in [0.25, 0.3) is 0 Å². The van der Waals surface area contributed by atoms with Crippen LogP contribution in [-0.2, 0) is 11.3 Å². The van der Waals surface area contributed by atoms with E-state index >= 15 is 0 Å². The fraction of sp³-hybridized carbons (Fsp3) is 0.267. The van der Waals surface area contributed by atoms with Gasteiger partial charge in [-0.3, -0.25) is 9.59 Å². The average Bonchev–Trinajstić information content (AvgIpc) is 2.89. The molecule has 2 rings (SSSR count). The molecule has 2 amide bonds. The number of carbonyl (C=O) groups excluding carboxylic acids is 2. The lowest BCUT2D eigenvalue weighted by Crippen LogP contribution is -2.38. The molecule has 1 aromatic heterocycles. The molecule has 2 aromatic rings. The molecule has 6 nitrogen and oxygen atoms in total. The molecule has 1 N–H and O–H groups in total. The first-order chi connectivity index (χ1) is 10.9. The van der Waals surface area contributed by atoms with Gasteiger partial charge in [0.15, 0.2) is 0 Å². The van der Waals surface area contributed by atoms with E-state index in [2.05, 4.69) is 10.5 Å². The van der Waals surface area contributed by atoms with Crippen LogP contribution in [-0.4, -0.2) is 35.5 Å². The van der Waals surface area contributed by atoms with E-state index in [1.807, 2.05) is 0 Å². The minimum Gasteiger partial charge on any atom is -0.361 e. The van der Waals surface area contributed by atoms with Crippen molar-refractivity contribution in [2.24, 2.45) is 0 Å². The Kier molecular flexibility index (Phi) is 5.05. The summed E-state index contributed by atoms with van der Waals surface area (Å²) in [6.07, 6.45) is 0. The quantitative estimate of drug-likeness (QED) is 0.908. The van der Waals surface area contributed by atoms with Crippen LogP contribution in [0.2, 0.25) is 0 Å². The van der Waals surface area contributed by atoms with Gasteiger partial charge in [-0.05, 0) is 19.1 Å². The number of hydrogen-bond acceptors (Lipinski definition) is 4. The van der Waals surface area contributed by atoms with E-state index in [4.69, 9.17) is 4.52 Å². The highest BCUT2D eigenvalue weighted by atomic mass is 19.1. The maximum atomic E-state index is 13.5. The second-order valence-electron chi connectivity index (χ2n) is 4.99. The normalized spacial score (nSPS) is 10.4. The van der Waals surface area contributed by atoms with Gasteiger partial charge >= 0.3 is 0 Å². The Morgan fingerprint density at radius 1 is 1.30 bits per heavy atom. The van der Waals surface area contributed by atoms with Gasteiger partial charge < -0.3 is 14.7 Å². The molecular weight excluding hydrogens is 308 g/mol. The lowest BCUT2D eigenvalue weighted by molar-refractivity contribution is -0.129. The Bertz CT molecular complexity index is 731. The van der Waals surface area contributed by atoms with Crippen molar-refractivity contribution in [3.8, 4) is 0 Å². The molecule has 0 unspecified atom stereocenters. The molecular formula is C15H15F2N3O3. The van der Waals surface area contributed by atoms with Gasteiger partial charge in [0.1, 0.15) is 23.1 Å². The van der Waals surface area contributed by atoms with Gasteiger partial charge in [0.05, 0.1) is 18.7 Å². The van der Waals surface area contributed by atoms with Gasteiger partial charge in [-0.2, -0.15) is 0 Å². The summed E-state index contributed by atoms with van der Waals surface area (Å²) in [5, 5.41) is 6.05. The molecule has 0 fully saturated rings. The van der Waals surface area contributed by atoms with Crippen LogP contribution in [0.5, 0.6) is 0 Å². The Balaban J connectivity index is 1.89. The summed E-state index contributed by atoms with van der Waals surface area (Å²) in [4.78, 5) is 25.1. The van der Waals surface area contributed by atoms with Gasteiger partial charge in [-0.15, -0.1) is 0 Å². The van der Waals surface area contributed by atoms with Gasteiger partial charge in [0, 0.05) is 19.2 Å². The summed E-state index contributed by atoms with van der Waals surface area (Å²) < 4.78 is 31.1. The molecule has 0 aliphatic rings. The first-order valence-corrected chi connectivity index (χ1v) is 6.76. The second kappa shape index (κ2) is 6.99. The lowest BCUT2D eigenvalue weighted by atomic mass is 10.2. The van der Waals surface area contributed by atoms with E-state index < -0.39 is 17.5 Å². The lowest BCUT2D eigenvalue weighted by Gasteiger charge is -2.16. The topological polar surface area (TPSA) is 75.4 Å². The third kappa shape index (κ3) is 4.35. The zero-order valence-electron chi connectivity index (χ0n) is 12.6. The van der Waals surface area contributed by atoms with Gasteiger partial charge in [0.25, 0.3) is 5.91 Å². The van der Waals surface area contributed by atoms with Crippen molar-refractivity contribution < 1.29 is 22.9 Å². The number of nitrogens with one attached hydrogen (secondary N) is 1. The number of halogens is 2. The maximum Gasteiger partial charge on any atom is 0.254 e. The summed E-state index contributed by atoms with van der Waals surface area (Å²) in [7, 11) is 1.54. The molecule has 8 heteroatoms. The molecule has 0 saturated heterocycles. The molecule has 0 saturated carbocycles. The molecule has 1 heterocycles. The summed E-state index contributed by atoms with van der Waals surface area (Å²) in [6.45, 7) is 1.63. The predicted molar refractivity (Wildman–Crippen MR) is 76.4 cm³/mol. The molecule has 23 heavy (non-hydrogen) atoms. The second-order valence-corrected chi connectivity index (χ2v) is 4.99. The van der Waals surface area contributed by atoms with Crippen molar-refractivity contribution in [1.82, 2.24) is 15.4 Å². The van der Waals surface area contributed by atoms with Crippen LogP contribution in [0, 0.1) is 18.6 Å². The zero-order valence-corrected chi connectivity index (χ0v) is 12.6. The van der Waals surface area contributed by atoms with Crippen LogP contribution in [0.1, 0.15) is 21.8 Å². The Hall–Kier alpha value is -2.77. The van der Waals surface area contributed by atoms with E-state index in [-0.39, 0.29) is 24.6 Å². The Morgan fingerprint density at radius 3 is 2.65 bits per heavy atom. The highest BCUT2D eigenvalue weighted by Gasteiger charge is 2.16. The number of likely N-dealkylation sites (N-methyl/N-ethyl adjacent to an activating group) is 1. The molecule has 122 valence electrons. The van der Waals surface area contributed by atoms with Crippen molar-refractivity contribution in [2.45, 2.75) is 13.5 Å². The SMILES string of the molecule is Cc1cc(CN(C)C(=O)CNC(=O)c2ccc(F)cc2F)no1. The highest BCUT2D eigenvalue weighted by molar-refractivity contribution is 5.96. The highest BCUT2D eigenvalue weighted by Crippen LogP contribution is 2.09. The summed E-state index contributed by atoms with van der Waals surface area (Å²) >= 11 is 0. The van der Waals surface area contributed by atoms with Crippen molar-refractivity contribution in [3.05, 3.63) is 52.9 Å². The standard InChI is InChI=1S/C15H15F2N3O3/c1-9-5-11(19-23-9)8-20(2)14(21)7-18-15(22)12-4-3-10(16)6-13(12)17/h3-6H,7-8H2,1-2H3,(H,18,22). The summed E-state index contributed by atoms with van der Waals surface area (Å²) in [5.74, 6) is -2.32. The number of rotatable bonds is 5. The van der Waals surface area contributed by atoms with Gasteiger partial charge in [0.2, 0.25) is 5.91 Å². The van der Waals surface area contributed by atoms with Crippen molar-refractivity contribution in [1.29, 1.82) is 0 Å². The number of aryl methyl sites for hydroxylation is 1. The molecule has 0 aliphatic heterocycles. The van der Waals surface area contributed by atoms with E-state index in [1.165, 1.54) is 11.9 Å².